The van der Waals surface area contributed by atoms with Crippen LogP contribution in [0.25, 0.3) is 0 Å². The Morgan fingerprint density at radius 2 is 1.56 bits per heavy atom. The van der Waals surface area contributed by atoms with E-state index in [0.717, 1.165) is 13.1 Å². The molecule has 0 bridgehead atoms. The summed E-state index contributed by atoms with van der Waals surface area (Å²) in [5.74, 6) is -0.105. The quantitative estimate of drug-likeness (QED) is 0.628. The molecule has 1 aromatic heterocycles. The summed E-state index contributed by atoms with van der Waals surface area (Å²) in [6.07, 6.45) is 0.362. The lowest BCUT2D eigenvalue weighted by Crippen LogP contribution is -2.57. The number of thiophene rings is 1. The first-order valence-electron chi connectivity index (χ1n) is 9.16. The van der Waals surface area contributed by atoms with E-state index in [-0.39, 0.29) is 24.5 Å². The Kier molecular flexibility index (Phi) is 6.64. The summed E-state index contributed by atoms with van der Waals surface area (Å²) in [6, 6.07) is 3.58. The number of carbonyl (C=O) groups excluding carboxylic acids is 2. The van der Waals surface area contributed by atoms with Crippen molar-refractivity contribution in [2.24, 2.45) is 0 Å². The largest absolute Gasteiger partial charge is 0.340 e. The smallest absolute Gasteiger partial charge is 0.282 e. The van der Waals surface area contributed by atoms with E-state index in [1.54, 1.807) is 11.0 Å². The van der Waals surface area contributed by atoms with Crippen molar-refractivity contribution >= 4 is 33.2 Å². The zero-order valence-corrected chi connectivity index (χ0v) is 17.2. The fourth-order valence-corrected chi connectivity index (χ4v) is 5.56. The van der Waals surface area contributed by atoms with Crippen LogP contribution in [0.3, 0.4) is 0 Å². The molecule has 150 valence electrons. The van der Waals surface area contributed by atoms with E-state index in [2.05, 4.69) is 4.90 Å². The maximum atomic E-state index is 12.8. The van der Waals surface area contributed by atoms with Gasteiger partial charge in [0.15, 0.2) is 5.78 Å². The number of hydrogen-bond acceptors (Lipinski definition) is 6. The van der Waals surface area contributed by atoms with Crippen molar-refractivity contribution < 1.29 is 18.0 Å². The number of piperazine rings is 2. The Hall–Kier alpha value is -1.33. The van der Waals surface area contributed by atoms with Gasteiger partial charge in [0.2, 0.25) is 5.91 Å². The summed E-state index contributed by atoms with van der Waals surface area (Å²) in [7, 11) is -1.48. The minimum absolute atomic E-state index is 0.0189. The molecule has 0 spiro atoms. The average Bonchev–Trinajstić information content (AvgIpc) is 3.21. The van der Waals surface area contributed by atoms with E-state index < -0.39 is 10.2 Å². The maximum Gasteiger partial charge on any atom is 0.282 e. The molecule has 2 aliphatic heterocycles. The minimum atomic E-state index is -3.46. The number of ketones is 1. The molecule has 2 aliphatic rings. The Bertz CT molecular complexity index is 750. The third kappa shape index (κ3) is 4.94. The molecule has 10 heteroatoms. The number of rotatable bonds is 6. The highest BCUT2D eigenvalue weighted by atomic mass is 32.2. The molecule has 3 heterocycles. The fraction of sp³-hybridized carbons (Fsp3) is 0.647. The summed E-state index contributed by atoms with van der Waals surface area (Å²) < 4.78 is 28.5. The number of nitrogens with zero attached hydrogens (tertiary/aromatic N) is 4. The molecule has 1 amide bonds. The van der Waals surface area contributed by atoms with Crippen molar-refractivity contribution in [2.75, 3.05) is 59.4 Å². The van der Waals surface area contributed by atoms with Crippen LogP contribution in [0.5, 0.6) is 0 Å². The number of likely N-dealkylation sites (N-methyl/N-ethyl adjacent to an activating group) is 1. The van der Waals surface area contributed by atoms with Crippen LogP contribution in [0.4, 0.5) is 0 Å². The van der Waals surface area contributed by atoms with Crippen molar-refractivity contribution in [1.82, 2.24) is 18.4 Å². The van der Waals surface area contributed by atoms with E-state index in [4.69, 9.17) is 0 Å². The normalized spacial score (nSPS) is 20.7. The van der Waals surface area contributed by atoms with E-state index in [1.165, 1.54) is 19.9 Å². The van der Waals surface area contributed by atoms with Crippen LogP contribution in [0, 0.1) is 0 Å². The molecule has 0 atom stereocenters. The summed E-state index contributed by atoms with van der Waals surface area (Å²) in [5, 5.41) is 1.84. The first-order chi connectivity index (χ1) is 12.9. The molecule has 0 radical (unpaired) electrons. The number of Topliss-reactive ketones (excluding diaryl/α,β-unsaturated/α-hetero) is 1. The molecule has 2 saturated heterocycles. The van der Waals surface area contributed by atoms with Crippen LogP contribution in [-0.2, 0) is 15.0 Å². The molecule has 3 rings (SSSR count). The number of hydrogen-bond donors (Lipinski definition) is 0. The standard InChI is InChI=1S/C17H26N4O4S2/c1-18-6-10-20(11-7-18)27(24,25)21-12-8-19(9-13-21)17(23)5-4-15(22)16-3-2-14-26-16/h2-3,14H,4-13H2,1H3. The zero-order valence-electron chi connectivity index (χ0n) is 15.5. The molecule has 0 saturated carbocycles. The number of carbonyl (C=O) groups is 2. The third-order valence-corrected chi connectivity index (χ3v) is 8.01. The van der Waals surface area contributed by atoms with Crippen LogP contribution >= 0.6 is 11.3 Å². The highest BCUT2D eigenvalue weighted by Crippen LogP contribution is 2.16. The van der Waals surface area contributed by atoms with Crippen molar-refractivity contribution in [3.63, 3.8) is 0 Å². The second-order valence-corrected chi connectivity index (χ2v) is 9.77. The zero-order chi connectivity index (χ0) is 19.4. The second kappa shape index (κ2) is 8.78. The van der Waals surface area contributed by atoms with Crippen LogP contribution < -0.4 is 0 Å². The molecule has 0 N–H and O–H groups in total. The van der Waals surface area contributed by atoms with Gasteiger partial charge >= 0.3 is 0 Å². The first-order valence-corrected chi connectivity index (χ1v) is 11.4. The topological polar surface area (TPSA) is 81.2 Å². The predicted octanol–water partition coefficient (Wildman–Crippen LogP) is 0.347. The molecule has 0 aromatic carbocycles. The maximum absolute atomic E-state index is 12.8. The van der Waals surface area contributed by atoms with Gasteiger partial charge in [0, 0.05) is 65.2 Å². The molecule has 2 fully saturated rings. The van der Waals surface area contributed by atoms with Gasteiger partial charge in [-0.25, -0.2) is 0 Å². The highest BCUT2D eigenvalue weighted by molar-refractivity contribution is 7.86. The lowest BCUT2D eigenvalue weighted by molar-refractivity contribution is -0.132. The van der Waals surface area contributed by atoms with Crippen LogP contribution in [-0.4, -0.2) is 97.9 Å². The van der Waals surface area contributed by atoms with E-state index in [9.17, 15) is 18.0 Å². The second-order valence-electron chi connectivity index (χ2n) is 6.89. The lowest BCUT2D eigenvalue weighted by Gasteiger charge is -2.39. The summed E-state index contributed by atoms with van der Waals surface area (Å²) in [5.41, 5.74) is 0. The number of amides is 1. The van der Waals surface area contributed by atoms with Crippen molar-refractivity contribution in [2.45, 2.75) is 12.8 Å². The van der Waals surface area contributed by atoms with Gasteiger partial charge in [-0.1, -0.05) is 6.07 Å². The first kappa shape index (κ1) is 20.4. The molecule has 27 heavy (non-hydrogen) atoms. The van der Waals surface area contributed by atoms with Gasteiger partial charge in [-0.2, -0.15) is 17.0 Å². The molecule has 0 aliphatic carbocycles. The molecule has 1 aromatic rings. The van der Waals surface area contributed by atoms with Crippen LogP contribution in [0.15, 0.2) is 17.5 Å². The Balaban J connectivity index is 1.46. The monoisotopic (exact) mass is 414 g/mol. The lowest BCUT2D eigenvalue weighted by atomic mass is 10.1. The van der Waals surface area contributed by atoms with Gasteiger partial charge in [0.1, 0.15) is 0 Å². The predicted molar refractivity (Wildman–Crippen MR) is 104 cm³/mol. The van der Waals surface area contributed by atoms with E-state index >= 15 is 0 Å². The van der Waals surface area contributed by atoms with Gasteiger partial charge in [0.25, 0.3) is 10.2 Å². The molecular formula is C17H26N4O4S2. The summed E-state index contributed by atoms with van der Waals surface area (Å²) in [6.45, 7) is 3.83. The molecule has 0 unspecified atom stereocenters. The van der Waals surface area contributed by atoms with Gasteiger partial charge < -0.3 is 9.80 Å². The van der Waals surface area contributed by atoms with Crippen molar-refractivity contribution in [1.29, 1.82) is 0 Å². The van der Waals surface area contributed by atoms with Crippen molar-refractivity contribution in [3.05, 3.63) is 22.4 Å². The fourth-order valence-electron chi connectivity index (χ4n) is 3.29. The van der Waals surface area contributed by atoms with Gasteiger partial charge in [-0.3, -0.25) is 9.59 Å². The van der Waals surface area contributed by atoms with E-state index in [1.807, 2.05) is 18.5 Å². The summed E-state index contributed by atoms with van der Waals surface area (Å²) in [4.78, 5) is 28.8. The molecular weight excluding hydrogens is 388 g/mol. The molecule has 8 nitrogen and oxygen atoms in total. The Morgan fingerprint density at radius 1 is 0.963 bits per heavy atom. The third-order valence-electron chi connectivity index (χ3n) is 5.07. The average molecular weight is 415 g/mol. The van der Waals surface area contributed by atoms with E-state index in [0.29, 0.717) is 44.1 Å². The summed E-state index contributed by atoms with van der Waals surface area (Å²) >= 11 is 1.38. The Labute approximate surface area is 164 Å². The minimum Gasteiger partial charge on any atom is -0.340 e. The Morgan fingerprint density at radius 3 is 2.11 bits per heavy atom. The van der Waals surface area contributed by atoms with Crippen molar-refractivity contribution in [3.8, 4) is 0 Å². The van der Waals surface area contributed by atoms with Gasteiger partial charge in [-0.15, -0.1) is 11.3 Å². The van der Waals surface area contributed by atoms with Gasteiger partial charge in [0.05, 0.1) is 4.88 Å². The highest BCUT2D eigenvalue weighted by Gasteiger charge is 2.34. The van der Waals surface area contributed by atoms with Crippen LogP contribution in [0.1, 0.15) is 22.5 Å². The van der Waals surface area contributed by atoms with Crippen LogP contribution in [0.2, 0.25) is 0 Å². The van der Waals surface area contributed by atoms with Gasteiger partial charge in [-0.05, 0) is 18.5 Å². The SMILES string of the molecule is CN1CCN(S(=O)(=O)N2CCN(C(=O)CCC(=O)c3cccs3)CC2)CC1.